The van der Waals surface area contributed by atoms with Crippen LogP contribution in [0.3, 0.4) is 0 Å². The summed E-state index contributed by atoms with van der Waals surface area (Å²) in [5.74, 6) is 0.0782. The maximum atomic E-state index is 11.8. The second kappa shape index (κ2) is 9.85. The number of nitrogens with zero attached hydrogens (tertiary/aromatic N) is 1. The molecule has 24 heavy (non-hydrogen) atoms. The number of allylic oxidation sites excluding steroid dienone is 1. The molecule has 1 aromatic carbocycles. The number of nitro benzene ring substituents is 1. The van der Waals surface area contributed by atoms with Crippen molar-refractivity contribution in [3.63, 3.8) is 0 Å². The van der Waals surface area contributed by atoms with Gasteiger partial charge in [-0.05, 0) is 31.7 Å². The van der Waals surface area contributed by atoms with E-state index in [0.717, 1.165) is 31.2 Å². The Balaban J connectivity index is 3.11. The predicted molar refractivity (Wildman–Crippen MR) is 95.5 cm³/mol. The molecule has 0 bridgehead atoms. The maximum Gasteiger partial charge on any atom is 0.335 e. The molecule has 5 nitrogen and oxygen atoms in total. The SMILES string of the molecule is C/C=C/C(=O)Oc1c(C)cc([N+](=O)[O-])cc1C(C)CCCCCC. The van der Waals surface area contributed by atoms with E-state index in [1.54, 1.807) is 19.9 Å². The van der Waals surface area contributed by atoms with E-state index in [1.165, 1.54) is 24.6 Å². The normalized spacial score (nSPS) is 12.3. The fourth-order valence-corrected chi connectivity index (χ4v) is 2.70. The molecule has 1 aromatic rings. The van der Waals surface area contributed by atoms with Crippen molar-refractivity contribution >= 4 is 11.7 Å². The van der Waals surface area contributed by atoms with Gasteiger partial charge in [-0.2, -0.15) is 0 Å². The number of non-ortho nitro benzene ring substituents is 1. The van der Waals surface area contributed by atoms with Crippen molar-refractivity contribution in [2.45, 2.75) is 65.7 Å². The first-order valence-corrected chi connectivity index (χ1v) is 8.54. The number of hydrogen-bond acceptors (Lipinski definition) is 4. The lowest BCUT2D eigenvalue weighted by Gasteiger charge is -2.17. The predicted octanol–water partition coefficient (Wildman–Crippen LogP) is 5.46. The minimum Gasteiger partial charge on any atom is -0.423 e. The summed E-state index contributed by atoms with van der Waals surface area (Å²) in [5, 5.41) is 11.1. The Morgan fingerprint density at radius 1 is 1.33 bits per heavy atom. The number of nitro groups is 1. The van der Waals surface area contributed by atoms with Crippen LogP contribution in [0.4, 0.5) is 5.69 Å². The molecule has 0 aliphatic carbocycles. The highest BCUT2D eigenvalue weighted by atomic mass is 16.6. The van der Waals surface area contributed by atoms with E-state index in [0.29, 0.717) is 11.3 Å². The van der Waals surface area contributed by atoms with E-state index in [4.69, 9.17) is 4.74 Å². The van der Waals surface area contributed by atoms with Gasteiger partial charge in [0.15, 0.2) is 0 Å². The second-order valence-corrected chi connectivity index (χ2v) is 6.11. The number of carbonyl (C=O) groups excluding carboxylic acids is 1. The number of carbonyl (C=O) groups is 1. The molecule has 132 valence electrons. The zero-order valence-corrected chi connectivity index (χ0v) is 15.0. The Morgan fingerprint density at radius 3 is 2.62 bits per heavy atom. The third-order valence-electron chi connectivity index (χ3n) is 4.03. The van der Waals surface area contributed by atoms with E-state index in [1.807, 2.05) is 6.92 Å². The number of rotatable bonds is 9. The number of aryl methyl sites for hydroxylation is 1. The molecule has 1 unspecified atom stereocenters. The van der Waals surface area contributed by atoms with Crippen LogP contribution in [0, 0.1) is 17.0 Å². The smallest absolute Gasteiger partial charge is 0.335 e. The summed E-state index contributed by atoms with van der Waals surface area (Å²) in [4.78, 5) is 22.6. The van der Waals surface area contributed by atoms with Gasteiger partial charge in [-0.1, -0.05) is 45.6 Å². The fourth-order valence-electron chi connectivity index (χ4n) is 2.70. The highest BCUT2D eigenvalue weighted by Crippen LogP contribution is 2.36. The van der Waals surface area contributed by atoms with E-state index >= 15 is 0 Å². The summed E-state index contributed by atoms with van der Waals surface area (Å²) in [6, 6.07) is 2.99. The lowest BCUT2D eigenvalue weighted by atomic mass is 9.92. The Hall–Kier alpha value is -2.17. The molecule has 0 aliphatic heterocycles. The molecule has 0 fully saturated rings. The maximum absolute atomic E-state index is 11.8. The standard InChI is InChI=1S/C19H27NO4/c1-5-7-8-9-11-14(3)17-13-16(20(22)23)12-15(4)19(17)24-18(21)10-6-2/h6,10,12-14H,5,7-9,11H2,1-4H3/b10-6+. The van der Waals surface area contributed by atoms with Crippen LogP contribution in [-0.2, 0) is 4.79 Å². The summed E-state index contributed by atoms with van der Waals surface area (Å²) in [7, 11) is 0. The first-order valence-electron chi connectivity index (χ1n) is 8.54. The van der Waals surface area contributed by atoms with Crippen molar-refractivity contribution in [1.82, 2.24) is 0 Å². The molecule has 0 radical (unpaired) electrons. The average molecular weight is 333 g/mol. The van der Waals surface area contributed by atoms with Crippen molar-refractivity contribution in [1.29, 1.82) is 0 Å². The highest BCUT2D eigenvalue weighted by molar-refractivity contribution is 5.84. The van der Waals surface area contributed by atoms with Crippen molar-refractivity contribution in [3.05, 3.63) is 45.5 Å². The quantitative estimate of drug-likeness (QED) is 0.150. The van der Waals surface area contributed by atoms with E-state index in [2.05, 4.69) is 6.92 Å². The Bertz CT molecular complexity index is 608. The van der Waals surface area contributed by atoms with Gasteiger partial charge in [0.1, 0.15) is 5.75 Å². The van der Waals surface area contributed by atoms with Gasteiger partial charge in [-0.3, -0.25) is 10.1 Å². The largest absolute Gasteiger partial charge is 0.423 e. The monoisotopic (exact) mass is 333 g/mol. The average Bonchev–Trinajstić information content (AvgIpc) is 2.53. The molecule has 5 heteroatoms. The molecule has 1 rings (SSSR count). The summed E-state index contributed by atoms with van der Waals surface area (Å²) < 4.78 is 5.45. The first-order chi connectivity index (χ1) is 11.4. The Kier molecular flexibility index (Phi) is 8.16. The molecule has 0 saturated heterocycles. The van der Waals surface area contributed by atoms with E-state index in [9.17, 15) is 14.9 Å². The third kappa shape index (κ3) is 5.80. The number of ether oxygens (including phenoxy) is 1. The molecule has 0 spiro atoms. The molecule has 1 atom stereocenters. The van der Waals surface area contributed by atoms with Gasteiger partial charge in [0.25, 0.3) is 5.69 Å². The van der Waals surface area contributed by atoms with Crippen LogP contribution in [0.25, 0.3) is 0 Å². The van der Waals surface area contributed by atoms with Gasteiger partial charge in [0.2, 0.25) is 0 Å². The molecule has 0 saturated carbocycles. The van der Waals surface area contributed by atoms with E-state index < -0.39 is 10.9 Å². The fraction of sp³-hybridized carbons (Fsp3) is 0.526. The third-order valence-corrected chi connectivity index (χ3v) is 4.03. The van der Waals surface area contributed by atoms with Gasteiger partial charge < -0.3 is 4.74 Å². The topological polar surface area (TPSA) is 69.4 Å². The van der Waals surface area contributed by atoms with E-state index in [-0.39, 0.29) is 11.6 Å². The van der Waals surface area contributed by atoms with Crippen LogP contribution >= 0.6 is 0 Å². The zero-order valence-electron chi connectivity index (χ0n) is 15.0. The van der Waals surface area contributed by atoms with Crippen LogP contribution < -0.4 is 4.74 Å². The molecule has 0 heterocycles. The van der Waals surface area contributed by atoms with Crippen LogP contribution in [0.5, 0.6) is 5.75 Å². The lowest BCUT2D eigenvalue weighted by Crippen LogP contribution is -2.09. The molecule has 0 amide bonds. The molecular formula is C19H27NO4. The van der Waals surface area contributed by atoms with Gasteiger partial charge in [-0.25, -0.2) is 4.79 Å². The second-order valence-electron chi connectivity index (χ2n) is 6.11. The highest BCUT2D eigenvalue weighted by Gasteiger charge is 2.21. The van der Waals surface area contributed by atoms with Gasteiger partial charge >= 0.3 is 5.97 Å². The van der Waals surface area contributed by atoms with Gasteiger partial charge in [-0.15, -0.1) is 0 Å². The molecule has 0 aromatic heterocycles. The van der Waals surface area contributed by atoms with Crippen molar-refractivity contribution < 1.29 is 14.5 Å². The summed E-state index contributed by atoms with van der Waals surface area (Å²) in [5.41, 5.74) is 1.38. The van der Waals surface area contributed by atoms with Crippen molar-refractivity contribution in [3.8, 4) is 5.75 Å². The Labute approximate surface area is 143 Å². The zero-order chi connectivity index (χ0) is 18.1. The number of hydrogen-bond donors (Lipinski definition) is 0. The van der Waals surface area contributed by atoms with Gasteiger partial charge in [0.05, 0.1) is 4.92 Å². The molecular weight excluding hydrogens is 306 g/mol. The lowest BCUT2D eigenvalue weighted by molar-refractivity contribution is -0.385. The van der Waals surface area contributed by atoms with Crippen LogP contribution in [0.15, 0.2) is 24.3 Å². The summed E-state index contributed by atoms with van der Waals surface area (Å²) in [6.45, 7) is 7.66. The van der Waals surface area contributed by atoms with Crippen LogP contribution in [0.1, 0.15) is 69.9 Å². The van der Waals surface area contributed by atoms with Gasteiger partial charge in [0, 0.05) is 23.8 Å². The van der Waals surface area contributed by atoms with Crippen molar-refractivity contribution in [2.75, 3.05) is 0 Å². The number of unbranched alkanes of at least 4 members (excludes halogenated alkanes) is 3. The van der Waals surface area contributed by atoms with Crippen LogP contribution in [-0.4, -0.2) is 10.9 Å². The minimum atomic E-state index is -0.464. The first kappa shape index (κ1) is 19.9. The molecule has 0 aliphatic rings. The van der Waals surface area contributed by atoms with Crippen molar-refractivity contribution in [2.24, 2.45) is 0 Å². The van der Waals surface area contributed by atoms with Crippen LogP contribution in [0.2, 0.25) is 0 Å². The minimum absolute atomic E-state index is 0.0359. The summed E-state index contributed by atoms with van der Waals surface area (Å²) >= 11 is 0. The number of esters is 1. The number of benzene rings is 1. The molecule has 0 N–H and O–H groups in total. The summed E-state index contributed by atoms with van der Waals surface area (Å²) in [6.07, 6.45) is 8.41. The Morgan fingerprint density at radius 2 is 2.04 bits per heavy atom.